The number of hydrogen-bond donors (Lipinski definition) is 2. The van der Waals surface area contributed by atoms with Crippen LogP contribution in [0.4, 0.5) is 0 Å². The molecule has 0 radical (unpaired) electrons. The summed E-state index contributed by atoms with van der Waals surface area (Å²) in [5, 5.41) is 12.8. The molecule has 0 saturated carbocycles. The normalized spacial score (nSPS) is 24.2. The zero-order chi connectivity index (χ0) is 10.4. The molecule has 1 atom stereocenters. The summed E-state index contributed by atoms with van der Waals surface area (Å²) < 4.78 is 5.17. The quantitative estimate of drug-likeness (QED) is 0.656. The predicted molar refractivity (Wildman–Crippen MR) is 56.4 cm³/mol. The average molecular weight is 202 g/mol. The van der Waals surface area contributed by atoms with Crippen LogP contribution >= 0.6 is 0 Å². The molecule has 1 heterocycles. The van der Waals surface area contributed by atoms with Crippen LogP contribution < -0.4 is 5.32 Å². The summed E-state index contributed by atoms with van der Waals surface area (Å²) in [6, 6.07) is 0. The highest BCUT2D eigenvalue weighted by atomic mass is 16.5. The maximum Gasteiger partial charge on any atom is 0.0666 e. The number of ether oxygens (including phenoxy) is 1. The van der Waals surface area contributed by atoms with Gasteiger partial charge in [0.15, 0.2) is 0 Å². The molecule has 14 heavy (non-hydrogen) atoms. The van der Waals surface area contributed by atoms with Gasteiger partial charge in [0.2, 0.25) is 0 Å². The van der Waals surface area contributed by atoms with E-state index in [0.717, 1.165) is 32.6 Å². The van der Waals surface area contributed by atoms with Crippen molar-refractivity contribution in [2.24, 2.45) is 0 Å². The third kappa shape index (κ3) is 2.92. The molecule has 84 valence electrons. The third-order valence-electron chi connectivity index (χ3n) is 2.90. The highest BCUT2D eigenvalue weighted by Gasteiger charge is 2.31. The number of aliphatic hydroxyl groups is 1. The van der Waals surface area contributed by atoms with Gasteiger partial charge in [0.05, 0.1) is 18.8 Å². The Balaban J connectivity index is 2.56. The van der Waals surface area contributed by atoms with Crippen molar-refractivity contribution in [2.45, 2.75) is 18.9 Å². The Hall–Kier alpha value is -0.160. The Morgan fingerprint density at radius 1 is 1.43 bits per heavy atom. The van der Waals surface area contributed by atoms with Crippen molar-refractivity contribution in [3.8, 4) is 0 Å². The molecule has 4 heteroatoms. The SMILES string of the molecule is COCC(C)(CO)N1CCCNCC1. The van der Waals surface area contributed by atoms with Crippen LogP contribution in [-0.4, -0.2) is 62.0 Å². The van der Waals surface area contributed by atoms with Gasteiger partial charge in [-0.2, -0.15) is 0 Å². The van der Waals surface area contributed by atoms with Gasteiger partial charge in [-0.3, -0.25) is 4.90 Å². The molecule has 1 fully saturated rings. The van der Waals surface area contributed by atoms with Gasteiger partial charge in [-0.15, -0.1) is 0 Å². The van der Waals surface area contributed by atoms with E-state index in [4.69, 9.17) is 4.74 Å². The van der Waals surface area contributed by atoms with Crippen LogP contribution in [0, 0.1) is 0 Å². The first kappa shape index (κ1) is 11.9. The van der Waals surface area contributed by atoms with Gasteiger partial charge < -0.3 is 15.2 Å². The van der Waals surface area contributed by atoms with Gasteiger partial charge in [0.1, 0.15) is 0 Å². The molecule has 0 amide bonds. The summed E-state index contributed by atoms with van der Waals surface area (Å²) in [5.41, 5.74) is -0.221. The molecule has 1 aliphatic rings. The van der Waals surface area contributed by atoms with E-state index in [-0.39, 0.29) is 12.1 Å². The zero-order valence-electron chi connectivity index (χ0n) is 9.25. The summed E-state index contributed by atoms with van der Waals surface area (Å²) in [7, 11) is 1.68. The lowest BCUT2D eigenvalue weighted by Gasteiger charge is -2.38. The van der Waals surface area contributed by atoms with Crippen LogP contribution in [0.3, 0.4) is 0 Å². The minimum Gasteiger partial charge on any atom is -0.394 e. The van der Waals surface area contributed by atoms with E-state index < -0.39 is 0 Å². The zero-order valence-corrected chi connectivity index (χ0v) is 9.25. The van der Waals surface area contributed by atoms with Crippen LogP contribution in [0.1, 0.15) is 13.3 Å². The number of aliphatic hydroxyl groups excluding tert-OH is 1. The molecular formula is C10H22N2O2. The lowest BCUT2D eigenvalue weighted by molar-refractivity contribution is -0.0125. The van der Waals surface area contributed by atoms with Crippen LogP contribution in [0.5, 0.6) is 0 Å². The second kappa shape index (κ2) is 5.66. The van der Waals surface area contributed by atoms with E-state index in [1.54, 1.807) is 7.11 Å². The van der Waals surface area contributed by atoms with E-state index >= 15 is 0 Å². The predicted octanol–water partition coefficient (Wildman–Crippen LogP) is -0.321. The standard InChI is InChI=1S/C10H22N2O2/c1-10(8-13,9-14-2)12-6-3-4-11-5-7-12/h11,13H,3-9H2,1-2H3. The molecule has 0 aromatic carbocycles. The Morgan fingerprint density at radius 3 is 2.86 bits per heavy atom. The molecule has 1 unspecified atom stereocenters. The van der Waals surface area contributed by atoms with Gasteiger partial charge in [-0.1, -0.05) is 0 Å². The molecule has 0 aliphatic carbocycles. The van der Waals surface area contributed by atoms with Crippen LogP contribution in [0.2, 0.25) is 0 Å². The fourth-order valence-corrected chi connectivity index (χ4v) is 1.93. The van der Waals surface area contributed by atoms with Crippen LogP contribution in [0.25, 0.3) is 0 Å². The van der Waals surface area contributed by atoms with E-state index in [9.17, 15) is 5.11 Å². The van der Waals surface area contributed by atoms with Crippen molar-refractivity contribution in [3.05, 3.63) is 0 Å². The largest absolute Gasteiger partial charge is 0.394 e. The molecule has 2 N–H and O–H groups in total. The Labute approximate surface area is 86.2 Å². The van der Waals surface area contributed by atoms with Gasteiger partial charge in [-0.25, -0.2) is 0 Å². The highest BCUT2D eigenvalue weighted by Crippen LogP contribution is 2.15. The molecule has 4 nitrogen and oxygen atoms in total. The Bertz CT molecular complexity index is 158. The first-order chi connectivity index (χ1) is 6.73. The lowest BCUT2D eigenvalue weighted by atomic mass is 10.0. The fraction of sp³-hybridized carbons (Fsp3) is 1.00. The van der Waals surface area contributed by atoms with E-state index in [1.807, 2.05) is 0 Å². The van der Waals surface area contributed by atoms with Crippen molar-refractivity contribution in [2.75, 3.05) is 46.5 Å². The van der Waals surface area contributed by atoms with E-state index in [1.165, 1.54) is 0 Å². The molecule has 0 aromatic rings. The second-order valence-electron chi connectivity index (χ2n) is 4.18. The number of nitrogens with zero attached hydrogens (tertiary/aromatic N) is 1. The third-order valence-corrected chi connectivity index (χ3v) is 2.90. The molecule has 1 rings (SSSR count). The first-order valence-corrected chi connectivity index (χ1v) is 5.28. The monoisotopic (exact) mass is 202 g/mol. The van der Waals surface area contributed by atoms with Crippen molar-refractivity contribution in [1.82, 2.24) is 10.2 Å². The van der Waals surface area contributed by atoms with Crippen molar-refractivity contribution < 1.29 is 9.84 Å². The minimum absolute atomic E-state index is 0.154. The smallest absolute Gasteiger partial charge is 0.0666 e. The summed E-state index contributed by atoms with van der Waals surface area (Å²) >= 11 is 0. The number of rotatable bonds is 4. The highest BCUT2D eigenvalue weighted by molar-refractivity contribution is 4.87. The molecule has 0 aromatic heterocycles. The van der Waals surface area contributed by atoms with Crippen LogP contribution in [-0.2, 0) is 4.74 Å². The van der Waals surface area contributed by atoms with Gasteiger partial charge >= 0.3 is 0 Å². The van der Waals surface area contributed by atoms with Gasteiger partial charge in [0, 0.05) is 26.7 Å². The maximum atomic E-state index is 9.42. The summed E-state index contributed by atoms with van der Waals surface area (Å²) in [5.74, 6) is 0. The fourth-order valence-electron chi connectivity index (χ4n) is 1.93. The van der Waals surface area contributed by atoms with Gasteiger partial charge in [0.25, 0.3) is 0 Å². The van der Waals surface area contributed by atoms with Crippen molar-refractivity contribution in [1.29, 1.82) is 0 Å². The summed E-state index contributed by atoms with van der Waals surface area (Å²) in [4.78, 5) is 2.32. The maximum absolute atomic E-state index is 9.42. The minimum atomic E-state index is -0.221. The Morgan fingerprint density at radius 2 is 2.21 bits per heavy atom. The van der Waals surface area contributed by atoms with E-state index in [0.29, 0.717) is 6.61 Å². The first-order valence-electron chi connectivity index (χ1n) is 5.28. The summed E-state index contributed by atoms with van der Waals surface area (Å²) in [6.45, 7) is 6.89. The number of methoxy groups -OCH3 is 1. The molecule has 0 bridgehead atoms. The second-order valence-corrected chi connectivity index (χ2v) is 4.18. The summed E-state index contributed by atoms with van der Waals surface area (Å²) in [6.07, 6.45) is 1.14. The molecular weight excluding hydrogens is 180 g/mol. The van der Waals surface area contributed by atoms with Gasteiger partial charge in [-0.05, 0) is 19.9 Å². The van der Waals surface area contributed by atoms with Crippen molar-refractivity contribution in [3.63, 3.8) is 0 Å². The number of nitrogens with one attached hydrogen (secondary N) is 1. The van der Waals surface area contributed by atoms with Crippen LogP contribution in [0.15, 0.2) is 0 Å². The molecule has 0 spiro atoms. The molecule has 1 saturated heterocycles. The van der Waals surface area contributed by atoms with Crippen molar-refractivity contribution >= 4 is 0 Å². The molecule has 1 aliphatic heterocycles. The Kier molecular flexibility index (Phi) is 4.81. The number of hydrogen-bond acceptors (Lipinski definition) is 4. The lowest BCUT2D eigenvalue weighted by Crippen LogP contribution is -2.53. The topological polar surface area (TPSA) is 44.7 Å². The van der Waals surface area contributed by atoms with E-state index in [2.05, 4.69) is 17.1 Å². The average Bonchev–Trinajstić information content (AvgIpc) is 2.46.